The van der Waals surface area contributed by atoms with Crippen molar-refractivity contribution < 1.29 is 14.6 Å². The Balaban J connectivity index is 2.60. The molecule has 0 saturated heterocycles. The zero-order valence-electron chi connectivity index (χ0n) is 9.51. The van der Waals surface area contributed by atoms with Crippen LogP contribution in [0.2, 0.25) is 0 Å². The number of rotatable bonds is 7. The number of anilines is 1. The van der Waals surface area contributed by atoms with Crippen molar-refractivity contribution in [2.75, 3.05) is 32.8 Å². The summed E-state index contributed by atoms with van der Waals surface area (Å²) in [4.78, 5) is 7.96. The summed E-state index contributed by atoms with van der Waals surface area (Å²) >= 11 is 0. The Bertz CT molecular complexity index is 303. The minimum absolute atomic E-state index is 0.0228. The number of nitrogens with zero attached hydrogens (tertiary/aromatic N) is 2. The lowest BCUT2D eigenvalue weighted by Crippen LogP contribution is -2.26. The summed E-state index contributed by atoms with van der Waals surface area (Å²) in [7, 11) is 3.17. The first-order chi connectivity index (χ1) is 7.80. The molecule has 1 unspecified atom stereocenters. The Morgan fingerprint density at radius 2 is 2.25 bits per heavy atom. The predicted octanol–water partition coefficient (Wildman–Crippen LogP) is 0.294. The highest BCUT2D eigenvalue weighted by atomic mass is 16.5. The largest absolute Gasteiger partial charge is 0.481 e. The number of nitrogens with one attached hydrogen (secondary N) is 1. The molecule has 16 heavy (non-hydrogen) atoms. The van der Waals surface area contributed by atoms with Gasteiger partial charge in [-0.1, -0.05) is 0 Å². The smallest absolute Gasteiger partial charge is 0.218 e. The van der Waals surface area contributed by atoms with Gasteiger partial charge < -0.3 is 19.9 Å². The Labute approximate surface area is 94.6 Å². The Morgan fingerprint density at radius 3 is 2.88 bits per heavy atom. The number of hydrogen-bond acceptors (Lipinski definition) is 6. The highest BCUT2D eigenvalue weighted by Gasteiger charge is 2.08. The van der Waals surface area contributed by atoms with Gasteiger partial charge in [0.1, 0.15) is 12.1 Å². The van der Waals surface area contributed by atoms with Crippen LogP contribution in [0.15, 0.2) is 12.4 Å². The van der Waals surface area contributed by atoms with Crippen LogP contribution in [0.4, 0.5) is 5.82 Å². The number of aliphatic hydroxyl groups is 1. The van der Waals surface area contributed by atoms with E-state index in [1.54, 1.807) is 20.3 Å². The van der Waals surface area contributed by atoms with Gasteiger partial charge in [-0.25, -0.2) is 9.97 Å². The highest BCUT2D eigenvalue weighted by molar-refractivity contribution is 5.38. The summed E-state index contributed by atoms with van der Waals surface area (Å²) in [6, 6.07) is 1.72. The molecule has 0 saturated carbocycles. The zero-order chi connectivity index (χ0) is 11.8. The third-order valence-electron chi connectivity index (χ3n) is 2.05. The summed E-state index contributed by atoms with van der Waals surface area (Å²) in [5.41, 5.74) is 0. The van der Waals surface area contributed by atoms with Crippen LogP contribution < -0.4 is 10.1 Å². The van der Waals surface area contributed by atoms with Gasteiger partial charge in [-0.3, -0.25) is 0 Å². The molecule has 0 radical (unpaired) electrons. The Hall–Kier alpha value is -1.40. The average Bonchev–Trinajstić information content (AvgIpc) is 2.30. The van der Waals surface area contributed by atoms with Crippen LogP contribution in [-0.2, 0) is 4.74 Å². The molecular formula is C10H17N3O3. The third-order valence-corrected chi connectivity index (χ3v) is 2.05. The molecule has 6 heteroatoms. The molecule has 0 bridgehead atoms. The van der Waals surface area contributed by atoms with Gasteiger partial charge in [0.2, 0.25) is 5.88 Å². The maximum atomic E-state index is 8.89. The topological polar surface area (TPSA) is 76.5 Å². The zero-order valence-corrected chi connectivity index (χ0v) is 9.51. The number of hydrogen-bond donors (Lipinski definition) is 2. The molecular weight excluding hydrogens is 210 g/mol. The van der Waals surface area contributed by atoms with Crippen molar-refractivity contribution >= 4 is 5.82 Å². The van der Waals surface area contributed by atoms with Gasteiger partial charge in [-0.15, -0.1) is 0 Å². The predicted molar refractivity (Wildman–Crippen MR) is 59.6 cm³/mol. The maximum absolute atomic E-state index is 8.89. The van der Waals surface area contributed by atoms with Crippen LogP contribution in [0.1, 0.15) is 6.42 Å². The second-order valence-corrected chi connectivity index (χ2v) is 3.25. The van der Waals surface area contributed by atoms with E-state index in [2.05, 4.69) is 15.3 Å². The minimum atomic E-state index is 0.0228. The quantitative estimate of drug-likeness (QED) is 0.697. The SMILES string of the molecule is COCC(CCO)Nc1cc(OC)ncn1. The van der Waals surface area contributed by atoms with Crippen LogP contribution in [0.3, 0.4) is 0 Å². The molecule has 0 aliphatic rings. The van der Waals surface area contributed by atoms with Gasteiger partial charge in [0.15, 0.2) is 0 Å². The van der Waals surface area contributed by atoms with Crippen LogP contribution in [0, 0.1) is 0 Å². The molecule has 0 amide bonds. The highest BCUT2D eigenvalue weighted by Crippen LogP contribution is 2.12. The first-order valence-corrected chi connectivity index (χ1v) is 5.02. The van der Waals surface area contributed by atoms with Crippen molar-refractivity contribution in [3.05, 3.63) is 12.4 Å². The molecule has 1 aromatic rings. The second-order valence-electron chi connectivity index (χ2n) is 3.25. The fraction of sp³-hybridized carbons (Fsp3) is 0.600. The fourth-order valence-electron chi connectivity index (χ4n) is 1.29. The van der Waals surface area contributed by atoms with Crippen molar-refractivity contribution in [3.8, 4) is 5.88 Å². The van der Waals surface area contributed by atoms with Crippen LogP contribution in [0.5, 0.6) is 5.88 Å². The molecule has 90 valence electrons. The second kappa shape index (κ2) is 6.97. The van der Waals surface area contributed by atoms with Gasteiger partial charge in [0.25, 0.3) is 0 Å². The van der Waals surface area contributed by atoms with E-state index >= 15 is 0 Å². The molecule has 1 rings (SSSR count). The summed E-state index contributed by atoms with van der Waals surface area (Å²) < 4.78 is 10.0. The Kier molecular flexibility index (Phi) is 5.52. The standard InChI is InChI=1S/C10H17N3O3/c1-15-6-8(3-4-14)13-9-5-10(16-2)12-7-11-9/h5,7-8,14H,3-4,6H2,1-2H3,(H,11,12,13). The first-order valence-electron chi connectivity index (χ1n) is 5.02. The molecule has 1 heterocycles. The summed E-state index contributed by atoms with van der Waals surface area (Å²) in [5, 5.41) is 12.0. The van der Waals surface area contributed by atoms with E-state index in [0.29, 0.717) is 24.7 Å². The van der Waals surface area contributed by atoms with Gasteiger partial charge in [0.05, 0.1) is 19.8 Å². The van der Waals surface area contributed by atoms with Gasteiger partial charge in [-0.2, -0.15) is 0 Å². The minimum Gasteiger partial charge on any atom is -0.481 e. The number of ether oxygens (including phenoxy) is 2. The maximum Gasteiger partial charge on any atom is 0.218 e. The molecule has 1 aromatic heterocycles. The third kappa shape index (κ3) is 4.00. The van der Waals surface area contributed by atoms with E-state index < -0.39 is 0 Å². The first kappa shape index (κ1) is 12.7. The van der Waals surface area contributed by atoms with Crippen molar-refractivity contribution in [2.24, 2.45) is 0 Å². The van der Waals surface area contributed by atoms with Gasteiger partial charge in [-0.05, 0) is 6.42 Å². The molecule has 0 spiro atoms. The van der Waals surface area contributed by atoms with Crippen LogP contribution in [-0.4, -0.2) is 48.5 Å². The van der Waals surface area contributed by atoms with Crippen molar-refractivity contribution in [1.82, 2.24) is 9.97 Å². The van der Waals surface area contributed by atoms with E-state index in [4.69, 9.17) is 14.6 Å². The van der Waals surface area contributed by atoms with Crippen LogP contribution >= 0.6 is 0 Å². The van der Waals surface area contributed by atoms with E-state index in [1.165, 1.54) is 6.33 Å². The van der Waals surface area contributed by atoms with Crippen LogP contribution in [0.25, 0.3) is 0 Å². The van der Waals surface area contributed by atoms with E-state index in [9.17, 15) is 0 Å². The summed E-state index contributed by atoms with van der Waals surface area (Å²) in [5.74, 6) is 1.15. The van der Waals surface area contributed by atoms with Gasteiger partial charge >= 0.3 is 0 Å². The molecule has 0 aromatic carbocycles. The molecule has 6 nitrogen and oxygen atoms in total. The summed E-state index contributed by atoms with van der Waals surface area (Å²) in [6.07, 6.45) is 2.02. The normalized spacial score (nSPS) is 12.2. The lowest BCUT2D eigenvalue weighted by molar-refractivity contribution is 0.170. The van der Waals surface area contributed by atoms with E-state index in [-0.39, 0.29) is 12.6 Å². The molecule has 2 N–H and O–H groups in total. The van der Waals surface area contributed by atoms with Gasteiger partial charge in [0, 0.05) is 19.8 Å². The number of methoxy groups -OCH3 is 2. The molecule has 1 atom stereocenters. The summed E-state index contributed by atoms with van der Waals surface area (Å²) in [6.45, 7) is 0.607. The fourth-order valence-corrected chi connectivity index (χ4v) is 1.29. The van der Waals surface area contributed by atoms with Crippen molar-refractivity contribution in [2.45, 2.75) is 12.5 Å². The number of aromatic nitrogens is 2. The number of aliphatic hydroxyl groups excluding tert-OH is 1. The van der Waals surface area contributed by atoms with Crippen molar-refractivity contribution in [3.63, 3.8) is 0 Å². The molecule has 0 fully saturated rings. The van der Waals surface area contributed by atoms with E-state index in [1.807, 2.05) is 0 Å². The lowest BCUT2D eigenvalue weighted by Gasteiger charge is -2.17. The monoisotopic (exact) mass is 227 g/mol. The van der Waals surface area contributed by atoms with E-state index in [0.717, 1.165) is 0 Å². The molecule has 0 aliphatic heterocycles. The van der Waals surface area contributed by atoms with Crippen molar-refractivity contribution in [1.29, 1.82) is 0 Å². The average molecular weight is 227 g/mol. The lowest BCUT2D eigenvalue weighted by atomic mass is 10.2. The molecule has 0 aliphatic carbocycles. The Morgan fingerprint density at radius 1 is 1.44 bits per heavy atom.